The van der Waals surface area contributed by atoms with Gasteiger partial charge in [0, 0.05) is 28.6 Å². The van der Waals surface area contributed by atoms with Gasteiger partial charge in [0.25, 0.3) is 5.60 Å². The number of hydrogen-bond donors (Lipinski definition) is 2. The molecule has 2 heterocycles. The third kappa shape index (κ3) is 4.61. The quantitative estimate of drug-likeness (QED) is 0.486. The first-order valence-electron chi connectivity index (χ1n) is 9.97. The van der Waals surface area contributed by atoms with Crippen LogP contribution in [0.15, 0.2) is 41.6 Å². The van der Waals surface area contributed by atoms with E-state index in [0.717, 1.165) is 17.1 Å². The second-order valence-corrected chi connectivity index (χ2v) is 10.0. The standard InChI is InChI=1S/C22H21Cl2F3N2O2S/c1-12-4-14(2-3-18(12)20(30)28-9-13-10-32-11-13)19-8-21(31-29-19,22(25,26)27)15-5-16(23)7-17(24)6-15/h2-7,13,20,28,30H,8-11H2,1H3. The number of nitrogens with zero attached hydrogens (tertiary/aromatic N) is 1. The first kappa shape index (κ1) is 23.7. The molecular weight excluding hydrogens is 484 g/mol. The number of thioether (sulfide) groups is 1. The third-order valence-electron chi connectivity index (χ3n) is 5.72. The molecule has 0 amide bonds. The molecule has 2 aliphatic rings. The number of rotatable bonds is 6. The minimum Gasteiger partial charge on any atom is -0.374 e. The van der Waals surface area contributed by atoms with E-state index in [2.05, 4.69) is 10.5 Å². The SMILES string of the molecule is Cc1cc(C2=NOC(c3cc(Cl)cc(Cl)c3)(C(F)(F)F)C2)ccc1C(O)NCC1CSC1. The van der Waals surface area contributed by atoms with E-state index < -0.39 is 24.4 Å². The molecule has 2 unspecified atom stereocenters. The molecule has 172 valence electrons. The Balaban J connectivity index is 1.56. The number of aliphatic hydroxyl groups is 1. The lowest BCUT2D eigenvalue weighted by Gasteiger charge is -2.29. The van der Waals surface area contributed by atoms with Gasteiger partial charge in [-0.25, -0.2) is 0 Å². The molecule has 2 atom stereocenters. The highest BCUT2D eigenvalue weighted by molar-refractivity contribution is 8.00. The molecule has 2 N–H and O–H groups in total. The van der Waals surface area contributed by atoms with Gasteiger partial charge in [-0.05, 0) is 65.3 Å². The highest BCUT2D eigenvalue weighted by Crippen LogP contribution is 2.49. The van der Waals surface area contributed by atoms with Crippen molar-refractivity contribution < 1.29 is 23.1 Å². The number of oxime groups is 1. The Labute approximate surface area is 198 Å². The second-order valence-electron chi connectivity index (χ2n) is 8.07. The van der Waals surface area contributed by atoms with E-state index in [9.17, 15) is 18.3 Å². The molecule has 1 saturated heterocycles. The summed E-state index contributed by atoms with van der Waals surface area (Å²) in [7, 11) is 0. The minimum absolute atomic E-state index is 0.0790. The van der Waals surface area contributed by atoms with Crippen molar-refractivity contribution in [2.75, 3.05) is 18.1 Å². The van der Waals surface area contributed by atoms with Crippen molar-refractivity contribution in [3.8, 4) is 0 Å². The Morgan fingerprint density at radius 1 is 1.22 bits per heavy atom. The summed E-state index contributed by atoms with van der Waals surface area (Å²) in [5.41, 5.74) is -0.823. The van der Waals surface area contributed by atoms with Crippen molar-refractivity contribution >= 4 is 40.7 Å². The van der Waals surface area contributed by atoms with E-state index in [-0.39, 0.29) is 21.3 Å². The van der Waals surface area contributed by atoms with Crippen LogP contribution in [0.3, 0.4) is 0 Å². The average molecular weight is 505 g/mol. The van der Waals surface area contributed by atoms with Crippen LogP contribution in [0, 0.1) is 12.8 Å². The van der Waals surface area contributed by atoms with Crippen molar-refractivity contribution in [2.45, 2.75) is 31.3 Å². The fourth-order valence-electron chi connectivity index (χ4n) is 3.80. The molecule has 2 aromatic rings. The molecule has 1 fully saturated rings. The number of alkyl halides is 3. The largest absolute Gasteiger partial charge is 0.435 e. The monoisotopic (exact) mass is 504 g/mol. The van der Waals surface area contributed by atoms with Gasteiger partial charge in [-0.15, -0.1) is 0 Å². The van der Waals surface area contributed by atoms with E-state index in [0.29, 0.717) is 23.6 Å². The third-order valence-corrected chi connectivity index (χ3v) is 7.57. The summed E-state index contributed by atoms with van der Waals surface area (Å²) >= 11 is 13.8. The Morgan fingerprint density at radius 2 is 1.91 bits per heavy atom. The summed E-state index contributed by atoms with van der Waals surface area (Å²) in [6.07, 6.45) is -6.12. The zero-order valence-corrected chi connectivity index (χ0v) is 19.4. The van der Waals surface area contributed by atoms with Crippen LogP contribution in [-0.4, -0.2) is 35.0 Å². The minimum atomic E-state index is -4.75. The maximum Gasteiger partial charge on any atom is 0.435 e. The molecule has 0 bridgehead atoms. The van der Waals surface area contributed by atoms with Gasteiger partial charge >= 0.3 is 6.18 Å². The second kappa shape index (κ2) is 9.06. The molecule has 0 spiro atoms. The molecule has 2 aromatic carbocycles. The average Bonchev–Trinajstić information content (AvgIpc) is 3.12. The topological polar surface area (TPSA) is 53.9 Å². The van der Waals surface area contributed by atoms with Gasteiger partial charge in [-0.1, -0.05) is 40.5 Å². The fraction of sp³-hybridized carbons (Fsp3) is 0.409. The Morgan fingerprint density at radius 3 is 2.47 bits per heavy atom. The van der Waals surface area contributed by atoms with Crippen molar-refractivity contribution in [1.29, 1.82) is 0 Å². The van der Waals surface area contributed by atoms with E-state index in [1.807, 2.05) is 11.8 Å². The zero-order chi connectivity index (χ0) is 23.1. The van der Waals surface area contributed by atoms with Crippen LogP contribution < -0.4 is 5.32 Å². The molecule has 0 radical (unpaired) electrons. The molecule has 32 heavy (non-hydrogen) atoms. The number of aryl methyl sites for hydroxylation is 1. The van der Waals surface area contributed by atoms with Crippen molar-refractivity contribution in [3.63, 3.8) is 0 Å². The van der Waals surface area contributed by atoms with Gasteiger partial charge in [0.15, 0.2) is 0 Å². The molecule has 4 nitrogen and oxygen atoms in total. The molecule has 0 aliphatic carbocycles. The van der Waals surface area contributed by atoms with Crippen LogP contribution in [0.1, 0.15) is 34.9 Å². The van der Waals surface area contributed by atoms with Gasteiger partial charge in [0.1, 0.15) is 6.23 Å². The molecule has 2 aliphatic heterocycles. The van der Waals surface area contributed by atoms with Crippen LogP contribution in [0.2, 0.25) is 10.0 Å². The molecule has 10 heteroatoms. The van der Waals surface area contributed by atoms with Crippen LogP contribution in [-0.2, 0) is 10.4 Å². The zero-order valence-electron chi connectivity index (χ0n) is 17.0. The number of benzene rings is 2. The van der Waals surface area contributed by atoms with Gasteiger partial charge in [-0.2, -0.15) is 24.9 Å². The lowest BCUT2D eigenvalue weighted by Crippen LogP contribution is -2.42. The smallest absolute Gasteiger partial charge is 0.374 e. The maximum atomic E-state index is 14.2. The van der Waals surface area contributed by atoms with Crippen LogP contribution in [0.4, 0.5) is 13.2 Å². The van der Waals surface area contributed by atoms with Crippen LogP contribution in [0.5, 0.6) is 0 Å². The summed E-state index contributed by atoms with van der Waals surface area (Å²) in [5, 5.41) is 17.5. The molecular formula is C22H21Cl2F3N2O2S. The molecule has 0 saturated carbocycles. The first-order valence-corrected chi connectivity index (χ1v) is 11.9. The number of nitrogens with one attached hydrogen (secondary N) is 1. The van der Waals surface area contributed by atoms with E-state index in [1.54, 1.807) is 25.1 Å². The van der Waals surface area contributed by atoms with Crippen molar-refractivity contribution in [2.24, 2.45) is 11.1 Å². The van der Waals surface area contributed by atoms with Gasteiger partial charge < -0.3 is 9.94 Å². The Kier molecular flexibility index (Phi) is 6.71. The van der Waals surface area contributed by atoms with Gasteiger partial charge in [0.2, 0.25) is 0 Å². The van der Waals surface area contributed by atoms with E-state index in [4.69, 9.17) is 28.0 Å². The summed E-state index contributed by atoms with van der Waals surface area (Å²) in [6.45, 7) is 2.51. The summed E-state index contributed by atoms with van der Waals surface area (Å²) in [6, 6.07) is 8.79. The van der Waals surface area contributed by atoms with Crippen LogP contribution in [0.25, 0.3) is 0 Å². The maximum absolute atomic E-state index is 14.2. The number of hydrogen-bond acceptors (Lipinski definition) is 5. The molecule has 4 rings (SSSR count). The predicted octanol–water partition coefficient (Wildman–Crippen LogP) is 5.83. The fourth-order valence-corrected chi connectivity index (χ4v) is 5.13. The normalized spacial score (nSPS) is 22.3. The summed E-state index contributed by atoms with van der Waals surface area (Å²) < 4.78 is 42.5. The van der Waals surface area contributed by atoms with Gasteiger partial charge in [-0.3, -0.25) is 5.32 Å². The van der Waals surface area contributed by atoms with Crippen molar-refractivity contribution in [1.82, 2.24) is 5.32 Å². The number of aliphatic hydroxyl groups excluding tert-OH is 1. The molecule has 0 aromatic heterocycles. The Bertz CT molecular complexity index is 1030. The predicted molar refractivity (Wildman–Crippen MR) is 121 cm³/mol. The van der Waals surface area contributed by atoms with E-state index >= 15 is 0 Å². The summed E-state index contributed by atoms with van der Waals surface area (Å²) in [4.78, 5) is 5.05. The number of halogens is 5. The Hall–Kier alpha value is -1.45. The van der Waals surface area contributed by atoms with Crippen LogP contribution >= 0.6 is 35.0 Å². The van der Waals surface area contributed by atoms with Crippen molar-refractivity contribution in [3.05, 3.63) is 68.7 Å². The summed E-state index contributed by atoms with van der Waals surface area (Å²) in [5.74, 6) is 2.71. The highest BCUT2D eigenvalue weighted by atomic mass is 35.5. The lowest BCUT2D eigenvalue weighted by atomic mass is 9.86. The lowest BCUT2D eigenvalue weighted by molar-refractivity contribution is -0.275. The van der Waals surface area contributed by atoms with Gasteiger partial charge in [0.05, 0.1) is 5.71 Å². The first-order chi connectivity index (χ1) is 15.1. The van der Waals surface area contributed by atoms with E-state index in [1.165, 1.54) is 18.2 Å². The highest BCUT2D eigenvalue weighted by Gasteiger charge is 2.62.